The van der Waals surface area contributed by atoms with Crippen molar-refractivity contribution in [2.75, 3.05) is 23.1 Å². The van der Waals surface area contributed by atoms with Crippen molar-refractivity contribution in [1.82, 2.24) is 4.98 Å². The second-order valence-corrected chi connectivity index (χ2v) is 10.2. The Hall–Kier alpha value is -3.80. The van der Waals surface area contributed by atoms with E-state index < -0.39 is 0 Å². The van der Waals surface area contributed by atoms with Crippen molar-refractivity contribution in [3.63, 3.8) is 0 Å². The Labute approximate surface area is 219 Å². The number of ether oxygens (including phenoxy) is 1. The van der Waals surface area contributed by atoms with E-state index in [0.717, 1.165) is 21.6 Å². The van der Waals surface area contributed by atoms with Crippen LogP contribution in [0.2, 0.25) is 0 Å². The molecule has 0 fully saturated rings. The van der Waals surface area contributed by atoms with Crippen LogP contribution < -0.4 is 15.0 Å². The van der Waals surface area contributed by atoms with E-state index in [1.807, 2.05) is 92.7 Å². The maximum Gasteiger partial charge on any atom is 0.237 e. The number of thiazole rings is 1. The van der Waals surface area contributed by atoms with E-state index in [4.69, 9.17) is 4.74 Å². The van der Waals surface area contributed by atoms with Gasteiger partial charge in [-0.05, 0) is 50.2 Å². The molecular weight excluding hydrogens is 488 g/mol. The standard InChI is InChI=1S/C28H26N4O2S2/c1-19(2)32(21-11-5-4-6-12-21)26(33)18-35-27(30-20-10-9-13-22(16-20)34-3)23(17-29)28-31-24-14-7-8-15-25(24)36-28/h4-16,19,30H,18H2,1-3H3/b27-23+. The smallest absolute Gasteiger partial charge is 0.237 e. The molecular formula is C28H26N4O2S2. The fourth-order valence-corrected chi connectivity index (χ4v) is 5.61. The first-order valence-corrected chi connectivity index (χ1v) is 13.2. The van der Waals surface area contributed by atoms with E-state index in [9.17, 15) is 10.1 Å². The van der Waals surface area contributed by atoms with Crippen LogP contribution in [-0.4, -0.2) is 29.8 Å². The number of carbonyl (C=O) groups is 1. The molecule has 6 nitrogen and oxygen atoms in total. The van der Waals surface area contributed by atoms with E-state index in [1.165, 1.54) is 23.1 Å². The summed E-state index contributed by atoms with van der Waals surface area (Å²) in [4.78, 5) is 19.8. The predicted octanol–water partition coefficient (Wildman–Crippen LogP) is 6.78. The Kier molecular flexibility index (Phi) is 8.26. The van der Waals surface area contributed by atoms with Crippen LogP contribution in [0.1, 0.15) is 18.9 Å². The second-order valence-electron chi connectivity index (χ2n) is 8.14. The molecule has 4 rings (SSSR count). The average molecular weight is 515 g/mol. The first-order chi connectivity index (χ1) is 17.5. The number of nitrogens with zero attached hydrogens (tertiary/aromatic N) is 3. The Morgan fingerprint density at radius 1 is 1.11 bits per heavy atom. The number of allylic oxidation sites excluding steroid dienone is 1. The molecule has 182 valence electrons. The molecule has 0 saturated carbocycles. The highest BCUT2D eigenvalue weighted by molar-refractivity contribution is 8.04. The predicted molar refractivity (Wildman–Crippen MR) is 150 cm³/mol. The van der Waals surface area contributed by atoms with Crippen molar-refractivity contribution in [3.8, 4) is 11.8 Å². The molecule has 0 saturated heterocycles. The van der Waals surface area contributed by atoms with Crippen LogP contribution in [0.3, 0.4) is 0 Å². The molecule has 4 aromatic rings. The third-order valence-corrected chi connectivity index (χ3v) is 7.37. The molecule has 0 atom stereocenters. The van der Waals surface area contributed by atoms with Gasteiger partial charge in [0.15, 0.2) is 0 Å². The Morgan fingerprint density at radius 2 is 1.86 bits per heavy atom. The molecule has 1 aromatic heterocycles. The van der Waals surface area contributed by atoms with Gasteiger partial charge in [0.05, 0.1) is 28.1 Å². The number of amides is 1. The number of rotatable bonds is 9. The van der Waals surface area contributed by atoms with Crippen molar-refractivity contribution in [2.24, 2.45) is 0 Å². The van der Waals surface area contributed by atoms with E-state index in [1.54, 1.807) is 12.0 Å². The topological polar surface area (TPSA) is 78.2 Å². The lowest BCUT2D eigenvalue weighted by Gasteiger charge is -2.27. The lowest BCUT2D eigenvalue weighted by molar-refractivity contribution is -0.116. The van der Waals surface area contributed by atoms with Gasteiger partial charge in [0.1, 0.15) is 22.4 Å². The lowest BCUT2D eigenvalue weighted by Crippen LogP contribution is -2.38. The largest absolute Gasteiger partial charge is 0.497 e. The van der Waals surface area contributed by atoms with Crippen LogP contribution in [0.4, 0.5) is 11.4 Å². The van der Waals surface area contributed by atoms with E-state index >= 15 is 0 Å². The number of nitrogens with one attached hydrogen (secondary N) is 1. The number of hydrogen-bond donors (Lipinski definition) is 1. The van der Waals surface area contributed by atoms with Crippen molar-refractivity contribution in [3.05, 3.63) is 88.9 Å². The van der Waals surface area contributed by atoms with E-state index in [-0.39, 0.29) is 17.7 Å². The molecule has 0 bridgehead atoms. The molecule has 0 aliphatic carbocycles. The Balaban J connectivity index is 1.69. The number of hydrogen-bond acceptors (Lipinski definition) is 7. The van der Waals surface area contributed by atoms with Crippen LogP contribution in [0.15, 0.2) is 83.9 Å². The Morgan fingerprint density at radius 3 is 2.56 bits per heavy atom. The molecule has 0 unspecified atom stereocenters. The van der Waals surface area contributed by atoms with Gasteiger partial charge in [-0.3, -0.25) is 4.79 Å². The normalized spacial score (nSPS) is 11.6. The van der Waals surface area contributed by atoms with Crippen LogP contribution in [0, 0.1) is 11.3 Å². The number of aromatic nitrogens is 1. The highest BCUT2D eigenvalue weighted by atomic mass is 32.2. The average Bonchev–Trinajstić information content (AvgIpc) is 3.32. The first-order valence-electron chi connectivity index (χ1n) is 11.4. The zero-order valence-electron chi connectivity index (χ0n) is 20.3. The van der Waals surface area contributed by atoms with Crippen molar-refractivity contribution in [1.29, 1.82) is 5.26 Å². The minimum Gasteiger partial charge on any atom is -0.497 e. The number of benzene rings is 3. The third-order valence-electron chi connectivity index (χ3n) is 5.33. The van der Waals surface area contributed by atoms with Crippen molar-refractivity contribution in [2.45, 2.75) is 19.9 Å². The summed E-state index contributed by atoms with van der Waals surface area (Å²) in [7, 11) is 1.61. The minimum absolute atomic E-state index is 0.0148. The van der Waals surface area contributed by atoms with Crippen LogP contribution >= 0.6 is 23.1 Å². The number of fused-ring (bicyclic) bond motifs is 1. The number of carbonyl (C=O) groups excluding carboxylic acids is 1. The minimum atomic E-state index is -0.0484. The highest BCUT2D eigenvalue weighted by Crippen LogP contribution is 2.34. The summed E-state index contributed by atoms with van der Waals surface area (Å²) in [5.74, 6) is 0.789. The fraction of sp³-hybridized carbons (Fsp3) is 0.179. The summed E-state index contributed by atoms with van der Waals surface area (Å²) < 4.78 is 6.35. The van der Waals surface area contributed by atoms with Gasteiger partial charge >= 0.3 is 0 Å². The third kappa shape index (κ3) is 5.88. The van der Waals surface area contributed by atoms with Crippen molar-refractivity contribution >= 4 is 56.2 Å². The van der Waals surface area contributed by atoms with Crippen LogP contribution in [0.5, 0.6) is 5.75 Å². The first kappa shape index (κ1) is 25.3. The molecule has 1 heterocycles. The molecule has 0 aliphatic heterocycles. The fourth-order valence-electron chi connectivity index (χ4n) is 3.70. The van der Waals surface area contributed by atoms with Gasteiger partial charge in [-0.25, -0.2) is 4.98 Å². The molecule has 3 aromatic carbocycles. The SMILES string of the molecule is COc1cccc(N/C(SCC(=O)N(c2ccccc2)C(C)C)=C(/C#N)c2nc3ccccc3s2)c1. The second kappa shape index (κ2) is 11.8. The number of para-hydroxylation sites is 2. The molecule has 8 heteroatoms. The number of anilines is 2. The summed E-state index contributed by atoms with van der Waals surface area (Å²) in [5.41, 5.74) is 2.83. The van der Waals surface area contributed by atoms with Gasteiger partial charge in [-0.1, -0.05) is 48.2 Å². The Bertz CT molecular complexity index is 1390. The monoisotopic (exact) mass is 514 g/mol. The summed E-state index contributed by atoms with van der Waals surface area (Å²) in [6.07, 6.45) is 0. The summed E-state index contributed by atoms with van der Waals surface area (Å²) in [5, 5.41) is 14.7. The highest BCUT2D eigenvalue weighted by Gasteiger charge is 2.22. The summed E-state index contributed by atoms with van der Waals surface area (Å²) >= 11 is 2.75. The summed E-state index contributed by atoms with van der Waals surface area (Å²) in [6, 6.07) is 27.2. The molecule has 36 heavy (non-hydrogen) atoms. The molecule has 0 aliphatic rings. The van der Waals surface area contributed by atoms with Gasteiger partial charge in [0.2, 0.25) is 5.91 Å². The van der Waals surface area contributed by atoms with E-state index in [0.29, 0.717) is 21.4 Å². The van der Waals surface area contributed by atoms with Gasteiger partial charge in [-0.15, -0.1) is 11.3 Å². The maximum absolute atomic E-state index is 13.4. The van der Waals surface area contributed by atoms with Crippen LogP contribution in [0.25, 0.3) is 15.8 Å². The zero-order chi connectivity index (χ0) is 25.5. The maximum atomic E-state index is 13.4. The number of nitriles is 1. The molecule has 0 spiro atoms. The molecule has 1 N–H and O–H groups in total. The molecule has 0 radical (unpaired) electrons. The van der Waals surface area contributed by atoms with Gasteiger partial charge in [0.25, 0.3) is 0 Å². The van der Waals surface area contributed by atoms with Crippen molar-refractivity contribution < 1.29 is 9.53 Å². The van der Waals surface area contributed by atoms with Crippen LogP contribution in [-0.2, 0) is 4.79 Å². The number of thioether (sulfide) groups is 1. The summed E-state index contributed by atoms with van der Waals surface area (Å²) in [6.45, 7) is 3.98. The van der Waals surface area contributed by atoms with E-state index in [2.05, 4.69) is 16.4 Å². The lowest BCUT2D eigenvalue weighted by atomic mass is 10.2. The molecule has 1 amide bonds. The number of methoxy groups -OCH3 is 1. The quantitative estimate of drug-likeness (QED) is 0.248. The van der Waals surface area contributed by atoms with Gasteiger partial charge < -0.3 is 15.0 Å². The zero-order valence-corrected chi connectivity index (χ0v) is 21.9. The van der Waals surface area contributed by atoms with Gasteiger partial charge in [0, 0.05) is 23.5 Å². The van der Waals surface area contributed by atoms with Gasteiger partial charge in [-0.2, -0.15) is 5.26 Å².